The van der Waals surface area contributed by atoms with E-state index in [9.17, 15) is 13.2 Å². The Morgan fingerprint density at radius 2 is 2.00 bits per heavy atom. The van der Waals surface area contributed by atoms with E-state index in [-0.39, 0.29) is 10.8 Å². The molecule has 5 nitrogen and oxygen atoms in total. The molecule has 0 atom stereocenters. The zero-order valence-electron chi connectivity index (χ0n) is 13.0. The summed E-state index contributed by atoms with van der Waals surface area (Å²) in [6.45, 7) is 1.77. The Balaban J connectivity index is 3.50. The van der Waals surface area contributed by atoms with E-state index in [1.165, 1.54) is 50.5 Å². The average molecular weight is 491 g/mol. The van der Waals surface area contributed by atoms with E-state index in [1.54, 1.807) is 14.0 Å². The molecule has 1 rings (SSSR count). The van der Waals surface area contributed by atoms with Gasteiger partial charge in [0, 0.05) is 0 Å². The molecule has 0 aromatic heterocycles. The average Bonchev–Trinajstić information content (AvgIpc) is 2.50. The summed E-state index contributed by atoms with van der Waals surface area (Å²) < 4.78 is 27.6. The maximum absolute atomic E-state index is 12.3. The number of hydrogen-bond donors (Lipinski definition) is 0. The van der Waals surface area contributed by atoms with Gasteiger partial charge < -0.3 is 0 Å². The first-order chi connectivity index (χ1) is 10.3. The van der Waals surface area contributed by atoms with Gasteiger partial charge in [-0.1, -0.05) is 0 Å². The first-order valence-electron chi connectivity index (χ1n) is 6.62. The molecule has 0 aliphatic carbocycles. The molecule has 1 aromatic rings. The predicted octanol–water partition coefficient (Wildman–Crippen LogP) is 1.47. The number of anilines is 1. The molecule has 0 aliphatic rings. The van der Waals surface area contributed by atoms with Crippen molar-refractivity contribution >= 4 is 32.1 Å². The molecular formula is C15H19N2O3SW-. The van der Waals surface area contributed by atoms with Crippen molar-refractivity contribution in [3.05, 3.63) is 29.8 Å². The number of benzene rings is 1. The summed E-state index contributed by atoms with van der Waals surface area (Å²) in [5, 5.41) is 0. The van der Waals surface area contributed by atoms with E-state index in [1.807, 2.05) is 16.6 Å². The van der Waals surface area contributed by atoms with Crippen molar-refractivity contribution in [3.63, 3.8) is 0 Å². The third-order valence-corrected chi connectivity index (χ3v) is 5.44. The Labute approximate surface area is 143 Å². The van der Waals surface area contributed by atoms with Crippen LogP contribution in [0.25, 0.3) is 6.08 Å². The molecule has 7 heteroatoms. The molecule has 22 heavy (non-hydrogen) atoms. The summed E-state index contributed by atoms with van der Waals surface area (Å²) in [7, 11) is 1.01. The zero-order chi connectivity index (χ0) is 16.9. The SMILES string of the molecule is CCC(=O)N(C)c1cc(S(=O)(=O)N(C)C)c[c-]c1/C=C\[CH]=[W]. The first kappa shape index (κ1) is 18.9. The summed E-state index contributed by atoms with van der Waals surface area (Å²) in [6.07, 6.45) is 4.01. The minimum atomic E-state index is -3.57. The van der Waals surface area contributed by atoms with Crippen molar-refractivity contribution in [2.24, 2.45) is 0 Å². The van der Waals surface area contributed by atoms with Gasteiger partial charge in [0.1, 0.15) is 0 Å². The topological polar surface area (TPSA) is 57.7 Å². The van der Waals surface area contributed by atoms with Gasteiger partial charge in [0.2, 0.25) is 0 Å². The zero-order valence-corrected chi connectivity index (χ0v) is 16.8. The van der Waals surface area contributed by atoms with Crippen LogP contribution in [0.3, 0.4) is 0 Å². The summed E-state index contributed by atoms with van der Waals surface area (Å²) in [6, 6.07) is 5.92. The molecule has 0 aliphatic heterocycles. The molecule has 0 unspecified atom stereocenters. The van der Waals surface area contributed by atoms with Gasteiger partial charge in [-0.3, -0.25) is 0 Å². The maximum atomic E-state index is 12.3. The third-order valence-electron chi connectivity index (χ3n) is 3.08. The predicted molar refractivity (Wildman–Crippen MR) is 84.9 cm³/mol. The van der Waals surface area contributed by atoms with Crippen LogP contribution in [-0.2, 0) is 34.2 Å². The third kappa shape index (κ3) is 4.22. The molecular weight excluding hydrogens is 472 g/mol. The second-order valence-corrected chi connectivity index (χ2v) is 7.85. The van der Waals surface area contributed by atoms with Gasteiger partial charge >= 0.3 is 143 Å². The molecule has 0 fully saturated rings. The minimum absolute atomic E-state index is 0.0893. The van der Waals surface area contributed by atoms with Gasteiger partial charge in [-0.2, -0.15) is 0 Å². The van der Waals surface area contributed by atoms with Crippen LogP contribution in [0.1, 0.15) is 18.9 Å². The van der Waals surface area contributed by atoms with Crippen molar-refractivity contribution in [3.8, 4) is 0 Å². The number of sulfonamides is 1. The van der Waals surface area contributed by atoms with E-state index < -0.39 is 10.0 Å². The summed E-state index contributed by atoms with van der Waals surface area (Å²) >= 11 is 1.30. The number of hydrogen-bond acceptors (Lipinski definition) is 3. The molecule has 1 aromatic carbocycles. The van der Waals surface area contributed by atoms with E-state index in [2.05, 4.69) is 6.07 Å². The van der Waals surface area contributed by atoms with Crippen LogP contribution in [-0.4, -0.2) is 44.2 Å². The van der Waals surface area contributed by atoms with Gasteiger partial charge in [0.05, 0.1) is 0 Å². The quantitative estimate of drug-likeness (QED) is 0.567. The fraction of sp³-hybridized carbons (Fsp3) is 0.333. The Morgan fingerprint density at radius 3 is 2.50 bits per heavy atom. The Kier molecular flexibility index (Phi) is 6.85. The Morgan fingerprint density at radius 1 is 1.36 bits per heavy atom. The Bertz CT molecular complexity index is 697. The van der Waals surface area contributed by atoms with Gasteiger partial charge in [-0.15, -0.1) is 0 Å². The molecule has 0 N–H and O–H groups in total. The monoisotopic (exact) mass is 491 g/mol. The molecule has 1 amide bonds. The van der Waals surface area contributed by atoms with E-state index in [0.29, 0.717) is 17.7 Å². The summed E-state index contributed by atoms with van der Waals surface area (Å²) in [5.41, 5.74) is 1.21. The molecule has 0 radical (unpaired) electrons. The number of amides is 1. The number of rotatable bonds is 6. The van der Waals surface area contributed by atoms with Crippen LogP contribution in [0, 0.1) is 6.07 Å². The fourth-order valence-electron chi connectivity index (χ4n) is 1.75. The fourth-order valence-corrected chi connectivity index (χ4v) is 2.93. The molecule has 0 saturated carbocycles. The van der Waals surface area contributed by atoms with Gasteiger partial charge in [-0.05, 0) is 0 Å². The molecule has 0 bridgehead atoms. The standard InChI is InChI=1S/C15H19N2O3S.W/c1-6-8-12-9-10-13(21(19,20)16(3)4)11-14(12)17(5)15(18)7-2;/h1,6,8,10-11H,7H2,2-5H3;/q-1;/b8-6-;. The van der Waals surface area contributed by atoms with E-state index in [0.717, 1.165) is 4.31 Å². The van der Waals surface area contributed by atoms with Gasteiger partial charge in [-0.25, -0.2) is 0 Å². The number of allylic oxidation sites excluding steroid dienone is 1. The summed E-state index contributed by atoms with van der Waals surface area (Å²) in [5.74, 6) is -0.0893. The molecule has 0 heterocycles. The Hall–Kier alpha value is -1.10. The van der Waals surface area contributed by atoms with Crippen LogP contribution >= 0.6 is 0 Å². The number of nitrogens with zero attached hydrogens (tertiary/aromatic N) is 2. The van der Waals surface area contributed by atoms with E-state index >= 15 is 0 Å². The van der Waals surface area contributed by atoms with Gasteiger partial charge in [0.15, 0.2) is 0 Å². The summed E-state index contributed by atoms with van der Waals surface area (Å²) in [4.78, 5) is 13.5. The van der Waals surface area contributed by atoms with Crippen molar-refractivity contribution in [1.82, 2.24) is 4.31 Å². The van der Waals surface area contributed by atoms with Crippen molar-refractivity contribution in [2.75, 3.05) is 26.0 Å². The van der Waals surface area contributed by atoms with Gasteiger partial charge in [0.25, 0.3) is 0 Å². The van der Waals surface area contributed by atoms with Crippen LogP contribution in [0.15, 0.2) is 23.1 Å². The van der Waals surface area contributed by atoms with Crippen molar-refractivity contribution in [1.29, 1.82) is 0 Å². The molecule has 120 valence electrons. The van der Waals surface area contributed by atoms with Crippen LogP contribution < -0.4 is 4.90 Å². The second-order valence-electron chi connectivity index (χ2n) is 4.72. The second kappa shape index (κ2) is 7.95. The van der Waals surface area contributed by atoms with Crippen LogP contribution in [0.5, 0.6) is 0 Å². The number of carbonyl (C=O) groups is 1. The number of carbonyl (C=O) groups excluding carboxylic acids is 1. The first-order valence-corrected chi connectivity index (χ1v) is 9.75. The van der Waals surface area contributed by atoms with E-state index in [4.69, 9.17) is 0 Å². The van der Waals surface area contributed by atoms with Crippen molar-refractivity contribution < 1.29 is 32.6 Å². The molecule has 0 saturated heterocycles. The normalized spacial score (nSPS) is 11.9. The van der Waals surface area contributed by atoms with Crippen LogP contribution in [0.4, 0.5) is 5.69 Å². The van der Waals surface area contributed by atoms with Crippen LogP contribution in [0.2, 0.25) is 0 Å². The van der Waals surface area contributed by atoms with Crippen molar-refractivity contribution in [2.45, 2.75) is 18.2 Å². The molecule has 0 spiro atoms.